The van der Waals surface area contributed by atoms with Crippen molar-refractivity contribution in [2.24, 2.45) is 0 Å². The third-order valence-corrected chi connectivity index (χ3v) is 6.61. The molecule has 1 amide bonds. The van der Waals surface area contributed by atoms with Crippen molar-refractivity contribution in [1.82, 2.24) is 0 Å². The van der Waals surface area contributed by atoms with Crippen molar-refractivity contribution >= 4 is 73.1 Å². The number of hydrogen-bond donors (Lipinski definition) is 1. The number of carbonyl (C=O) groups is 1. The molecule has 0 atom stereocenters. The number of nitrogens with one attached hydrogen (secondary N) is 1. The van der Waals surface area contributed by atoms with Crippen LogP contribution in [0.4, 0.5) is 5.69 Å². The Hall–Kier alpha value is -2.44. The SMILES string of the molecule is O=C(CCCOc1ccc(Cl)cc1Cl)Nc1ccc(Oc2ccc3ccccc3c2Br)c(Cl)c1. The van der Waals surface area contributed by atoms with Crippen molar-refractivity contribution in [1.29, 1.82) is 0 Å². The van der Waals surface area contributed by atoms with Gasteiger partial charge in [-0.2, -0.15) is 0 Å². The van der Waals surface area contributed by atoms with Gasteiger partial charge in [0.15, 0.2) is 0 Å². The van der Waals surface area contributed by atoms with Crippen molar-refractivity contribution in [2.45, 2.75) is 12.8 Å². The molecule has 174 valence electrons. The molecule has 0 heterocycles. The predicted octanol–water partition coefficient (Wildman–Crippen LogP) is 9.15. The number of amides is 1. The molecule has 0 aromatic heterocycles. The highest BCUT2D eigenvalue weighted by molar-refractivity contribution is 9.10. The Bertz CT molecular complexity index is 1350. The van der Waals surface area contributed by atoms with Crippen LogP contribution in [-0.2, 0) is 4.79 Å². The Labute approximate surface area is 220 Å². The van der Waals surface area contributed by atoms with Crippen LogP contribution in [-0.4, -0.2) is 12.5 Å². The molecule has 0 aliphatic rings. The predicted molar refractivity (Wildman–Crippen MR) is 143 cm³/mol. The van der Waals surface area contributed by atoms with E-state index in [1.54, 1.807) is 36.4 Å². The maximum absolute atomic E-state index is 12.3. The van der Waals surface area contributed by atoms with Crippen molar-refractivity contribution in [3.05, 3.63) is 92.3 Å². The topological polar surface area (TPSA) is 47.6 Å². The Morgan fingerprint density at radius 1 is 0.853 bits per heavy atom. The second-order valence-corrected chi connectivity index (χ2v) is 9.46. The van der Waals surface area contributed by atoms with Gasteiger partial charge in [0.2, 0.25) is 5.91 Å². The molecule has 0 bridgehead atoms. The zero-order valence-corrected chi connectivity index (χ0v) is 21.6. The number of benzene rings is 4. The quantitative estimate of drug-likeness (QED) is 0.212. The highest BCUT2D eigenvalue weighted by Crippen LogP contribution is 2.38. The first-order valence-corrected chi connectivity index (χ1v) is 12.4. The lowest BCUT2D eigenvalue weighted by Gasteiger charge is -2.13. The summed E-state index contributed by atoms with van der Waals surface area (Å²) < 4.78 is 12.5. The molecule has 0 spiro atoms. The van der Waals surface area contributed by atoms with Crippen LogP contribution in [0.2, 0.25) is 15.1 Å². The Kier molecular flexibility index (Phi) is 8.22. The second kappa shape index (κ2) is 11.3. The maximum Gasteiger partial charge on any atom is 0.224 e. The van der Waals surface area contributed by atoms with Crippen molar-refractivity contribution in [3.8, 4) is 17.2 Å². The fourth-order valence-corrected chi connectivity index (χ4v) is 4.56. The third-order valence-electron chi connectivity index (χ3n) is 4.96. The highest BCUT2D eigenvalue weighted by Gasteiger charge is 2.11. The summed E-state index contributed by atoms with van der Waals surface area (Å²) >= 11 is 22.0. The van der Waals surface area contributed by atoms with Crippen LogP contribution in [0.3, 0.4) is 0 Å². The molecular weight excluding hydrogens is 561 g/mol. The average Bonchev–Trinajstić information content (AvgIpc) is 2.81. The molecule has 0 radical (unpaired) electrons. The summed E-state index contributed by atoms with van der Waals surface area (Å²) in [4.78, 5) is 12.3. The van der Waals surface area contributed by atoms with Gasteiger partial charge >= 0.3 is 0 Å². The van der Waals surface area contributed by atoms with Gasteiger partial charge in [0, 0.05) is 17.1 Å². The largest absolute Gasteiger partial charge is 0.492 e. The van der Waals surface area contributed by atoms with E-state index in [2.05, 4.69) is 21.2 Å². The Balaban J connectivity index is 1.31. The monoisotopic (exact) mass is 577 g/mol. The van der Waals surface area contributed by atoms with Gasteiger partial charge in [-0.15, -0.1) is 0 Å². The maximum atomic E-state index is 12.3. The molecule has 34 heavy (non-hydrogen) atoms. The van der Waals surface area contributed by atoms with Gasteiger partial charge in [-0.1, -0.05) is 65.1 Å². The molecule has 0 aliphatic heterocycles. The molecule has 0 saturated carbocycles. The van der Waals surface area contributed by atoms with Gasteiger partial charge in [-0.25, -0.2) is 0 Å². The Morgan fingerprint density at radius 3 is 2.38 bits per heavy atom. The molecule has 0 saturated heterocycles. The smallest absolute Gasteiger partial charge is 0.224 e. The van der Waals surface area contributed by atoms with E-state index in [9.17, 15) is 4.79 Å². The normalized spacial score (nSPS) is 10.8. The van der Waals surface area contributed by atoms with Crippen LogP contribution < -0.4 is 14.8 Å². The number of fused-ring (bicyclic) bond motifs is 1. The van der Waals surface area contributed by atoms with E-state index in [1.165, 1.54) is 0 Å². The molecule has 4 aromatic carbocycles. The first-order chi connectivity index (χ1) is 16.4. The van der Waals surface area contributed by atoms with Gasteiger partial charge < -0.3 is 14.8 Å². The highest BCUT2D eigenvalue weighted by atomic mass is 79.9. The van der Waals surface area contributed by atoms with Crippen LogP contribution in [0.25, 0.3) is 10.8 Å². The fourth-order valence-electron chi connectivity index (χ4n) is 3.30. The summed E-state index contributed by atoms with van der Waals surface area (Å²) in [5.41, 5.74) is 0.585. The number of ether oxygens (including phenoxy) is 2. The van der Waals surface area contributed by atoms with Crippen LogP contribution in [0.15, 0.2) is 77.3 Å². The number of rotatable bonds is 8. The molecule has 0 fully saturated rings. The molecule has 0 aliphatic carbocycles. The molecule has 8 heteroatoms. The van der Waals surface area contributed by atoms with Crippen LogP contribution >= 0.6 is 50.7 Å². The van der Waals surface area contributed by atoms with E-state index in [1.807, 2.05) is 36.4 Å². The van der Waals surface area contributed by atoms with Gasteiger partial charge in [0.1, 0.15) is 17.2 Å². The first-order valence-electron chi connectivity index (χ1n) is 10.4. The minimum absolute atomic E-state index is 0.146. The lowest BCUT2D eigenvalue weighted by atomic mass is 10.1. The molecule has 1 N–H and O–H groups in total. The van der Waals surface area contributed by atoms with Crippen molar-refractivity contribution in [3.63, 3.8) is 0 Å². The lowest BCUT2D eigenvalue weighted by Crippen LogP contribution is -2.12. The number of carbonyl (C=O) groups excluding carboxylic acids is 1. The summed E-state index contributed by atoms with van der Waals surface area (Å²) in [6.07, 6.45) is 0.806. The van der Waals surface area contributed by atoms with E-state index in [4.69, 9.17) is 44.3 Å². The lowest BCUT2D eigenvalue weighted by molar-refractivity contribution is -0.116. The zero-order chi connectivity index (χ0) is 24.1. The van der Waals surface area contributed by atoms with Gasteiger partial charge in [-0.3, -0.25) is 4.79 Å². The second-order valence-electron chi connectivity index (χ2n) is 7.42. The summed E-state index contributed by atoms with van der Waals surface area (Å²) in [5.74, 6) is 1.53. The summed E-state index contributed by atoms with van der Waals surface area (Å²) in [7, 11) is 0. The Morgan fingerprint density at radius 2 is 1.59 bits per heavy atom. The minimum atomic E-state index is -0.146. The summed E-state index contributed by atoms with van der Waals surface area (Å²) in [6.45, 7) is 0.350. The van der Waals surface area contributed by atoms with Gasteiger partial charge in [0.25, 0.3) is 0 Å². The van der Waals surface area contributed by atoms with Gasteiger partial charge in [-0.05, 0) is 75.6 Å². The van der Waals surface area contributed by atoms with Crippen LogP contribution in [0.1, 0.15) is 12.8 Å². The molecule has 4 rings (SSSR count). The van der Waals surface area contributed by atoms with Gasteiger partial charge in [0.05, 0.1) is 21.1 Å². The molecule has 0 unspecified atom stereocenters. The van der Waals surface area contributed by atoms with E-state index in [-0.39, 0.29) is 12.3 Å². The van der Waals surface area contributed by atoms with E-state index >= 15 is 0 Å². The standard InChI is InChI=1S/C26H19BrCl3NO3/c27-26-19-5-2-1-4-16(19)7-10-24(26)34-23-12-9-18(15-21(23)30)31-25(32)6-3-13-33-22-11-8-17(28)14-20(22)29/h1-2,4-5,7-12,14-15H,3,6,13H2,(H,31,32). The average molecular weight is 580 g/mol. The minimum Gasteiger partial charge on any atom is -0.492 e. The van der Waals surface area contributed by atoms with Crippen LogP contribution in [0.5, 0.6) is 17.2 Å². The third kappa shape index (κ3) is 6.16. The van der Waals surface area contributed by atoms with Crippen molar-refractivity contribution in [2.75, 3.05) is 11.9 Å². The number of halogens is 4. The summed E-state index contributed by atoms with van der Waals surface area (Å²) in [6, 6.07) is 22.0. The molecule has 4 aromatic rings. The van der Waals surface area contributed by atoms with Crippen molar-refractivity contribution < 1.29 is 14.3 Å². The summed E-state index contributed by atoms with van der Waals surface area (Å²) in [5, 5.41) is 6.35. The van der Waals surface area contributed by atoms with E-state index in [0.717, 1.165) is 15.2 Å². The van der Waals surface area contributed by atoms with Crippen LogP contribution in [0, 0.1) is 0 Å². The molecular formula is C26H19BrCl3NO3. The zero-order valence-electron chi connectivity index (χ0n) is 17.8. The number of hydrogen-bond acceptors (Lipinski definition) is 3. The first kappa shape index (κ1) is 24.7. The number of anilines is 1. The fraction of sp³-hybridized carbons (Fsp3) is 0.115. The van der Waals surface area contributed by atoms with E-state index < -0.39 is 0 Å². The molecule has 4 nitrogen and oxygen atoms in total. The van der Waals surface area contributed by atoms with E-state index in [0.29, 0.717) is 51.0 Å².